The molecule has 0 saturated heterocycles. The normalized spacial score (nSPS) is 11.3. The summed E-state index contributed by atoms with van der Waals surface area (Å²) in [4.78, 5) is 0. The van der Waals surface area contributed by atoms with Crippen LogP contribution in [0, 0.1) is 17.1 Å². The standard InChI is InChI=1S/C11H5F4N3/c12-8-5-7(6-16)1-2-9(8)18-4-3-10(17-18)11(13,14)15/h1-5H. The zero-order valence-electron chi connectivity index (χ0n) is 8.74. The van der Waals surface area contributed by atoms with Gasteiger partial charge in [0.2, 0.25) is 0 Å². The van der Waals surface area contributed by atoms with Crippen LogP contribution in [-0.2, 0) is 6.18 Å². The average molecular weight is 255 g/mol. The summed E-state index contributed by atoms with van der Waals surface area (Å²) in [5.41, 5.74) is -1.17. The van der Waals surface area contributed by atoms with Gasteiger partial charge in [-0.05, 0) is 24.3 Å². The first-order valence-corrected chi connectivity index (χ1v) is 4.74. The number of alkyl halides is 3. The van der Waals surface area contributed by atoms with Gasteiger partial charge in [0.15, 0.2) is 5.69 Å². The molecule has 2 rings (SSSR count). The Labute approximate surface area is 98.9 Å². The molecule has 0 unspecified atom stereocenters. The van der Waals surface area contributed by atoms with Gasteiger partial charge in [0, 0.05) is 6.20 Å². The van der Waals surface area contributed by atoms with Crippen molar-refractivity contribution in [3.8, 4) is 11.8 Å². The molecule has 0 N–H and O–H groups in total. The molecule has 0 bridgehead atoms. The number of nitrogens with zero attached hydrogens (tertiary/aromatic N) is 3. The minimum absolute atomic E-state index is 0.0828. The first-order chi connectivity index (χ1) is 8.41. The van der Waals surface area contributed by atoms with Gasteiger partial charge in [0.25, 0.3) is 0 Å². The molecule has 0 fully saturated rings. The summed E-state index contributed by atoms with van der Waals surface area (Å²) in [6.07, 6.45) is -3.57. The molecule has 0 radical (unpaired) electrons. The van der Waals surface area contributed by atoms with Crippen LogP contribution in [0.3, 0.4) is 0 Å². The van der Waals surface area contributed by atoms with Crippen molar-refractivity contribution in [3.05, 3.63) is 47.5 Å². The van der Waals surface area contributed by atoms with Crippen molar-refractivity contribution >= 4 is 0 Å². The van der Waals surface area contributed by atoms with E-state index in [1.54, 1.807) is 6.07 Å². The van der Waals surface area contributed by atoms with Crippen molar-refractivity contribution in [1.29, 1.82) is 5.26 Å². The molecule has 0 aliphatic carbocycles. The van der Waals surface area contributed by atoms with Gasteiger partial charge < -0.3 is 0 Å². The van der Waals surface area contributed by atoms with E-state index in [1.165, 1.54) is 12.1 Å². The Bertz CT molecular complexity index is 622. The quantitative estimate of drug-likeness (QED) is 0.735. The van der Waals surface area contributed by atoms with Gasteiger partial charge in [0.1, 0.15) is 11.5 Å². The molecular weight excluding hydrogens is 250 g/mol. The fraction of sp³-hybridized carbons (Fsp3) is 0.0909. The highest BCUT2D eigenvalue weighted by atomic mass is 19.4. The number of rotatable bonds is 1. The summed E-state index contributed by atoms with van der Waals surface area (Å²) in [6, 6.07) is 5.90. The highest BCUT2D eigenvalue weighted by Gasteiger charge is 2.33. The minimum Gasteiger partial charge on any atom is -0.237 e. The third-order valence-corrected chi connectivity index (χ3v) is 2.20. The lowest BCUT2D eigenvalue weighted by atomic mass is 10.2. The predicted molar refractivity (Wildman–Crippen MR) is 53.2 cm³/mol. The smallest absolute Gasteiger partial charge is 0.237 e. The van der Waals surface area contributed by atoms with E-state index in [2.05, 4.69) is 5.10 Å². The molecule has 0 spiro atoms. The van der Waals surface area contributed by atoms with Crippen molar-refractivity contribution in [3.63, 3.8) is 0 Å². The number of hydrogen-bond acceptors (Lipinski definition) is 2. The molecule has 92 valence electrons. The average Bonchev–Trinajstić information content (AvgIpc) is 2.77. The SMILES string of the molecule is N#Cc1ccc(-n2ccc(C(F)(F)F)n2)c(F)c1. The second-order valence-electron chi connectivity index (χ2n) is 3.42. The molecule has 0 aliphatic rings. The zero-order valence-corrected chi connectivity index (χ0v) is 8.74. The summed E-state index contributed by atoms with van der Waals surface area (Å²) < 4.78 is 51.3. The molecule has 2 aromatic rings. The van der Waals surface area contributed by atoms with Crippen LogP contribution in [0.2, 0.25) is 0 Å². The molecule has 1 aromatic carbocycles. The summed E-state index contributed by atoms with van der Waals surface area (Å²) >= 11 is 0. The van der Waals surface area contributed by atoms with Crippen LogP contribution in [0.25, 0.3) is 5.69 Å². The van der Waals surface area contributed by atoms with E-state index < -0.39 is 17.7 Å². The second kappa shape index (κ2) is 4.14. The van der Waals surface area contributed by atoms with E-state index in [0.29, 0.717) is 0 Å². The molecule has 0 atom stereocenters. The number of hydrogen-bond donors (Lipinski definition) is 0. The molecule has 0 aliphatic heterocycles. The summed E-state index contributed by atoms with van der Waals surface area (Å²) in [7, 11) is 0. The number of nitriles is 1. The maximum absolute atomic E-state index is 13.5. The fourth-order valence-electron chi connectivity index (χ4n) is 1.37. The Balaban J connectivity index is 2.44. The van der Waals surface area contributed by atoms with Gasteiger partial charge in [0.05, 0.1) is 11.6 Å². The maximum atomic E-state index is 13.5. The zero-order chi connectivity index (χ0) is 13.3. The lowest BCUT2D eigenvalue weighted by Crippen LogP contribution is -2.07. The van der Waals surface area contributed by atoms with Crippen molar-refractivity contribution in [2.75, 3.05) is 0 Å². The topological polar surface area (TPSA) is 41.6 Å². The first-order valence-electron chi connectivity index (χ1n) is 4.74. The Morgan fingerprint density at radius 2 is 1.94 bits per heavy atom. The highest BCUT2D eigenvalue weighted by Crippen LogP contribution is 2.28. The Morgan fingerprint density at radius 3 is 2.44 bits per heavy atom. The lowest BCUT2D eigenvalue weighted by molar-refractivity contribution is -0.141. The van der Waals surface area contributed by atoms with Gasteiger partial charge in [-0.1, -0.05) is 0 Å². The Morgan fingerprint density at radius 1 is 1.22 bits per heavy atom. The monoisotopic (exact) mass is 255 g/mol. The molecule has 1 heterocycles. The van der Waals surface area contributed by atoms with Crippen molar-refractivity contribution < 1.29 is 17.6 Å². The molecule has 3 nitrogen and oxygen atoms in total. The first kappa shape index (κ1) is 12.1. The van der Waals surface area contributed by atoms with Crippen LogP contribution < -0.4 is 0 Å². The number of halogens is 4. The Kier molecular flexibility index (Phi) is 2.79. The molecule has 0 amide bonds. The van der Waals surface area contributed by atoms with Crippen LogP contribution in [0.1, 0.15) is 11.3 Å². The third-order valence-electron chi connectivity index (χ3n) is 2.20. The molecule has 0 saturated carbocycles. The summed E-state index contributed by atoms with van der Waals surface area (Å²) in [6.45, 7) is 0. The van der Waals surface area contributed by atoms with E-state index in [1.807, 2.05) is 0 Å². The molecule has 1 aromatic heterocycles. The predicted octanol–water partition coefficient (Wildman–Crippen LogP) is 2.90. The third kappa shape index (κ3) is 2.18. The summed E-state index contributed by atoms with van der Waals surface area (Å²) in [5.74, 6) is -0.814. The molecule has 7 heteroatoms. The maximum Gasteiger partial charge on any atom is 0.435 e. The van der Waals surface area contributed by atoms with Crippen LogP contribution in [0.4, 0.5) is 17.6 Å². The van der Waals surface area contributed by atoms with Gasteiger partial charge in [-0.2, -0.15) is 23.5 Å². The second-order valence-corrected chi connectivity index (χ2v) is 3.42. The number of aromatic nitrogens is 2. The van der Waals surface area contributed by atoms with Crippen LogP contribution in [0.15, 0.2) is 30.5 Å². The summed E-state index contributed by atoms with van der Waals surface area (Å²) in [5, 5.41) is 11.8. The van der Waals surface area contributed by atoms with E-state index >= 15 is 0 Å². The van der Waals surface area contributed by atoms with Crippen molar-refractivity contribution in [2.45, 2.75) is 6.18 Å². The van der Waals surface area contributed by atoms with Gasteiger partial charge in [-0.15, -0.1) is 0 Å². The van der Waals surface area contributed by atoms with Crippen LogP contribution >= 0.6 is 0 Å². The highest BCUT2D eigenvalue weighted by molar-refractivity contribution is 5.40. The fourth-order valence-corrected chi connectivity index (χ4v) is 1.37. The minimum atomic E-state index is -4.58. The van der Waals surface area contributed by atoms with Gasteiger partial charge >= 0.3 is 6.18 Å². The molecular formula is C11H5F4N3. The van der Waals surface area contributed by atoms with Crippen molar-refractivity contribution in [2.24, 2.45) is 0 Å². The van der Waals surface area contributed by atoms with E-state index in [-0.39, 0.29) is 11.3 Å². The van der Waals surface area contributed by atoms with Crippen LogP contribution in [-0.4, -0.2) is 9.78 Å². The van der Waals surface area contributed by atoms with E-state index in [0.717, 1.165) is 23.0 Å². The number of benzene rings is 1. The van der Waals surface area contributed by atoms with Gasteiger partial charge in [-0.25, -0.2) is 9.07 Å². The molecule has 18 heavy (non-hydrogen) atoms. The Hall–Kier alpha value is -2.36. The van der Waals surface area contributed by atoms with Gasteiger partial charge in [-0.3, -0.25) is 0 Å². The van der Waals surface area contributed by atoms with Crippen molar-refractivity contribution in [1.82, 2.24) is 9.78 Å². The lowest BCUT2D eigenvalue weighted by Gasteiger charge is -2.04. The van der Waals surface area contributed by atoms with Crippen LogP contribution in [0.5, 0.6) is 0 Å². The largest absolute Gasteiger partial charge is 0.435 e. The van der Waals surface area contributed by atoms with E-state index in [9.17, 15) is 17.6 Å². The van der Waals surface area contributed by atoms with E-state index in [4.69, 9.17) is 5.26 Å².